The minimum Gasteiger partial charge on any atom is -0.357 e. The maximum atomic E-state index is 4.81. The van der Waals surface area contributed by atoms with Gasteiger partial charge >= 0.3 is 0 Å². The number of rotatable bonds is 7. The first kappa shape index (κ1) is 18.8. The predicted molar refractivity (Wildman–Crippen MR) is 109 cm³/mol. The third-order valence-electron chi connectivity index (χ3n) is 4.51. The van der Waals surface area contributed by atoms with Crippen LogP contribution in [0.4, 0.5) is 0 Å². The molecule has 0 radical (unpaired) electrons. The maximum Gasteiger partial charge on any atom is 0.194 e. The lowest BCUT2D eigenvalue weighted by Gasteiger charge is -2.22. The van der Waals surface area contributed by atoms with E-state index in [4.69, 9.17) is 4.99 Å². The summed E-state index contributed by atoms with van der Waals surface area (Å²) >= 11 is 0. The number of nitrogens with zero attached hydrogens (tertiary/aromatic N) is 5. The molecule has 0 aliphatic carbocycles. The zero-order chi connectivity index (χ0) is 19.1. The molecule has 0 saturated carbocycles. The van der Waals surface area contributed by atoms with Crippen LogP contribution in [0, 0.1) is 0 Å². The molecule has 1 aromatic carbocycles. The van der Waals surface area contributed by atoms with Crippen molar-refractivity contribution in [2.24, 2.45) is 12.0 Å². The second-order valence-electron chi connectivity index (χ2n) is 6.69. The molecule has 1 N–H and O–H groups in total. The van der Waals surface area contributed by atoms with E-state index in [0.717, 1.165) is 25.6 Å². The molecule has 6 nitrogen and oxygen atoms in total. The van der Waals surface area contributed by atoms with Gasteiger partial charge in [0.25, 0.3) is 0 Å². The second-order valence-corrected chi connectivity index (χ2v) is 6.69. The van der Waals surface area contributed by atoms with Crippen LogP contribution in [0.3, 0.4) is 0 Å². The molecule has 2 aromatic heterocycles. The number of nitrogens with one attached hydrogen (secondary N) is 1. The van der Waals surface area contributed by atoms with Gasteiger partial charge in [-0.05, 0) is 30.2 Å². The summed E-state index contributed by atoms with van der Waals surface area (Å²) in [5.74, 6) is 0.918. The van der Waals surface area contributed by atoms with Crippen LogP contribution < -0.4 is 5.32 Å². The Kier molecular flexibility index (Phi) is 6.30. The zero-order valence-corrected chi connectivity index (χ0v) is 16.3. The molecule has 0 aliphatic rings. The largest absolute Gasteiger partial charge is 0.357 e. The van der Waals surface area contributed by atoms with E-state index in [0.29, 0.717) is 6.54 Å². The number of guanidine groups is 1. The summed E-state index contributed by atoms with van der Waals surface area (Å²) in [7, 11) is 4.14. The van der Waals surface area contributed by atoms with Crippen molar-refractivity contribution < 1.29 is 0 Å². The Labute approximate surface area is 161 Å². The van der Waals surface area contributed by atoms with E-state index in [1.165, 1.54) is 16.8 Å². The average Bonchev–Trinajstić information content (AvgIpc) is 3.32. The third kappa shape index (κ3) is 5.23. The summed E-state index contributed by atoms with van der Waals surface area (Å²) in [6, 6.07) is 12.8. The number of hydrogen-bond donors (Lipinski definition) is 1. The van der Waals surface area contributed by atoms with Crippen LogP contribution in [0.5, 0.6) is 0 Å². The second kappa shape index (κ2) is 9.07. The van der Waals surface area contributed by atoms with Gasteiger partial charge in [-0.1, -0.05) is 24.3 Å². The van der Waals surface area contributed by atoms with E-state index in [2.05, 4.69) is 87.9 Å². The fraction of sp³-hybridized carbons (Fsp3) is 0.333. The van der Waals surface area contributed by atoms with Crippen molar-refractivity contribution in [1.82, 2.24) is 24.3 Å². The Balaban J connectivity index is 1.62. The van der Waals surface area contributed by atoms with Gasteiger partial charge in [-0.15, -0.1) is 0 Å². The standard InChI is InChI=1S/C21H28N6/c1-4-23-21(26(3)16-20-6-5-12-25(20)2)24-14-18-7-9-19(10-8-18)15-27-13-11-22-17-27/h5-13,17H,4,14-16H2,1-3H3,(H,23,24). The molecule has 0 spiro atoms. The molecule has 0 atom stereocenters. The molecule has 0 amide bonds. The summed E-state index contributed by atoms with van der Waals surface area (Å²) in [5, 5.41) is 3.38. The number of imidazole rings is 1. The fourth-order valence-electron chi connectivity index (χ4n) is 2.96. The molecule has 2 heterocycles. The minimum absolute atomic E-state index is 0.658. The lowest BCUT2D eigenvalue weighted by Crippen LogP contribution is -2.38. The van der Waals surface area contributed by atoms with Crippen LogP contribution in [0.1, 0.15) is 23.7 Å². The lowest BCUT2D eigenvalue weighted by atomic mass is 10.1. The fourth-order valence-corrected chi connectivity index (χ4v) is 2.96. The molecule has 0 fully saturated rings. The Morgan fingerprint density at radius 3 is 2.56 bits per heavy atom. The van der Waals surface area contributed by atoms with Crippen molar-refractivity contribution in [3.05, 3.63) is 78.1 Å². The Morgan fingerprint density at radius 1 is 1.15 bits per heavy atom. The number of benzene rings is 1. The Bertz CT molecular complexity index is 845. The molecule has 0 unspecified atom stereocenters. The predicted octanol–water partition coefficient (Wildman–Crippen LogP) is 2.87. The van der Waals surface area contributed by atoms with Crippen molar-refractivity contribution in [3.63, 3.8) is 0 Å². The SMILES string of the molecule is CCNC(=NCc1ccc(Cn2ccnc2)cc1)N(C)Cc1cccn1C. The van der Waals surface area contributed by atoms with Gasteiger partial charge in [-0.3, -0.25) is 0 Å². The van der Waals surface area contributed by atoms with E-state index >= 15 is 0 Å². The van der Waals surface area contributed by atoms with Gasteiger partial charge < -0.3 is 19.4 Å². The summed E-state index contributed by atoms with van der Waals surface area (Å²) < 4.78 is 4.20. The molecular weight excluding hydrogens is 336 g/mol. The van der Waals surface area contributed by atoms with Gasteiger partial charge in [0.2, 0.25) is 0 Å². The topological polar surface area (TPSA) is 50.4 Å². The summed E-state index contributed by atoms with van der Waals surface area (Å²) in [4.78, 5) is 11.0. The number of aryl methyl sites for hydroxylation is 1. The van der Waals surface area contributed by atoms with E-state index < -0.39 is 0 Å². The van der Waals surface area contributed by atoms with Crippen LogP contribution in [0.25, 0.3) is 0 Å². The first-order chi connectivity index (χ1) is 13.2. The summed E-state index contributed by atoms with van der Waals surface area (Å²) in [6.45, 7) is 5.26. The Hall–Kier alpha value is -3.02. The van der Waals surface area contributed by atoms with Crippen molar-refractivity contribution in [2.75, 3.05) is 13.6 Å². The highest BCUT2D eigenvalue weighted by Gasteiger charge is 2.08. The van der Waals surface area contributed by atoms with Gasteiger partial charge in [0.15, 0.2) is 5.96 Å². The maximum absolute atomic E-state index is 4.81. The molecule has 3 rings (SSSR count). The highest BCUT2D eigenvalue weighted by molar-refractivity contribution is 5.79. The Morgan fingerprint density at radius 2 is 1.93 bits per heavy atom. The highest BCUT2D eigenvalue weighted by Crippen LogP contribution is 2.09. The highest BCUT2D eigenvalue weighted by atomic mass is 15.3. The van der Waals surface area contributed by atoms with Crippen molar-refractivity contribution in [3.8, 4) is 0 Å². The number of hydrogen-bond acceptors (Lipinski definition) is 2. The molecule has 0 saturated heterocycles. The molecule has 3 aromatic rings. The van der Waals surface area contributed by atoms with E-state index in [9.17, 15) is 0 Å². The number of aliphatic imine (C=N–C) groups is 1. The van der Waals surface area contributed by atoms with Gasteiger partial charge in [-0.2, -0.15) is 0 Å². The molecular formula is C21H28N6. The summed E-state index contributed by atoms with van der Waals surface area (Å²) in [5.41, 5.74) is 3.72. The van der Waals surface area contributed by atoms with Crippen LogP contribution in [0.15, 0.2) is 66.3 Å². The first-order valence-corrected chi connectivity index (χ1v) is 9.29. The average molecular weight is 364 g/mol. The monoisotopic (exact) mass is 364 g/mol. The summed E-state index contributed by atoms with van der Waals surface area (Å²) in [6.07, 6.45) is 7.68. The van der Waals surface area contributed by atoms with E-state index in [1.54, 1.807) is 6.20 Å². The van der Waals surface area contributed by atoms with Gasteiger partial charge in [-0.25, -0.2) is 9.98 Å². The van der Waals surface area contributed by atoms with Crippen LogP contribution in [0.2, 0.25) is 0 Å². The zero-order valence-electron chi connectivity index (χ0n) is 16.3. The smallest absolute Gasteiger partial charge is 0.194 e. The van der Waals surface area contributed by atoms with Crippen LogP contribution in [-0.2, 0) is 26.7 Å². The quantitative estimate of drug-likeness (QED) is 0.518. The van der Waals surface area contributed by atoms with Gasteiger partial charge in [0.1, 0.15) is 0 Å². The molecule has 6 heteroatoms. The molecule has 0 bridgehead atoms. The van der Waals surface area contributed by atoms with E-state index in [1.807, 2.05) is 12.5 Å². The van der Waals surface area contributed by atoms with E-state index in [-0.39, 0.29) is 0 Å². The van der Waals surface area contributed by atoms with Crippen LogP contribution in [-0.4, -0.2) is 38.6 Å². The molecule has 142 valence electrons. The van der Waals surface area contributed by atoms with Gasteiger partial charge in [0, 0.05) is 51.5 Å². The minimum atomic E-state index is 0.658. The van der Waals surface area contributed by atoms with Crippen LogP contribution >= 0.6 is 0 Å². The normalized spacial score (nSPS) is 11.6. The lowest BCUT2D eigenvalue weighted by molar-refractivity contribution is 0.462. The van der Waals surface area contributed by atoms with Crippen molar-refractivity contribution >= 4 is 5.96 Å². The van der Waals surface area contributed by atoms with Crippen molar-refractivity contribution in [1.29, 1.82) is 0 Å². The molecule has 27 heavy (non-hydrogen) atoms. The number of aromatic nitrogens is 3. The first-order valence-electron chi connectivity index (χ1n) is 9.29. The van der Waals surface area contributed by atoms with Crippen molar-refractivity contribution in [2.45, 2.75) is 26.6 Å². The molecule has 0 aliphatic heterocycles. The van der Waals surface area contributed by atoms with Gasteiger partial charge in [0.05, 0.1) is 19.4 Å². The third-order valence-corrected chi connectivity index (χ3v) is 4.51.